The van der Waals surface area contributed by atoms with Crippen LogP contribution in [-0.4, -0.2) is 14.5 Å². The average molecular weight is 628 g/mol. The van der Waals surface area contributed by atoms with Crippen LogP contribution in [0.25, 0.3) is 105 Å². The van der Waals surface area contributed by atoms with E-state index in [1.54, 1.807) is 0 Å². The Labute approximate surface area is 279 Å². The van der Waals surface area contributed by atoms with Crippen LogP contribution >= 0.6 is 0 Å². The highest BCUT2D eigenvalue weighted by atomic mass is 16.3. The summed E-state index contributed by atoms with van der Waals surface area (Å²) in [6.07, 6.45) is 0. The highest BCUT2D eigenvalue weighted by Gasteiger charge is 2.23. The molecule has 0 bridgehead atoms. The van der Waals surface area contributed by atoms with Crippen molar-refractivity contribution in [1.82, 2.24) is 14.5 Å². The minimum absolute atomic E-state index is 0.637. The minimum atomic E-state index is 0.637. The van der Waals surface area contributed by atoms with E-state index in [-0.39, 0.29) is 0 Å². The maximum absolute atomic E-state index is 6.98. The molecule has 0 saturated heterocycles. The average Bonchev–Trinajstić information content (AvgIpc) is 3.84. The molecule has 0 aliphatic carbocycles. The van der Waals surface area contributed by atoms with Crippen LogP contribution < -0.4 is 0 Å². The van der Waals surface area contributed by atoms with Crippen molar-refractivity contribution in [1.29, 1.82) is 0 Å². The standard InChI is InChI=1S/C44H25N3O2/c1-2-12-26(13-3-1)40-31-15-4-7-20-34(31)45-44(46-40)33-19-10-17-29-30-24-25-36-39(43(30)49-41(29)33)32-16-5-8-21-35(32)47(36)37-22-11-18-28-27-14-6-9-23-38(27)48-42(28)37/h1-25H. The fraction of sp³-hybridized carbons (Fsp3) is 0. The summed E-state index contributed by atoms with van der Waals surface area (Å²) in [7, 11) is 0. The molecule has 0 aliphatic heterocycles. The Morgan fingerprint density at radius 2 is 1.12 bits per heavy atom. The Kier molecular flexibility index (Phi) is 5.32. The lowest BCUT2D eigenvalue weighted by Crippen LogP contribution is -1.95. The van der Waals surface area contributed by atoms with Gasteiger partial charge in [-0.2, -0.15) is 0 Å². The Morgan fingerprint density at radius 1 is 0.429 bits per heavy atom. The van der Waals surface area contributed by atoms with Crippen LogP contribution in [0.1, 0.15) is 0 Å². The second-order valence-electron chi connectivity index (χ2n) is 12.5. The molecule has 4 heterocycles. The van der Waals surface area contributed by atoms with Crippen molar-refractivity contribution in [2.75, 3.05) is 0 Å². The van der Waals surface area contributed by atoms with Crippen molar-refractivity contribution in [3.63, 3.8) is 0 Å². The molecule has 0 N–H and O–H groups in total. The SMILES string of the molecule is c1ccc(-c2nc(-c3cccc4c3oc3c4ccc4c3c3ccccc3n4-c3cccc4c3oc3ccccc34)nc3ccccc23)cc1. The first-order chi connectivity index (χ1) is 24.3. The number of nitrogens with zero attached hydrogens (tertiary/aromatic N) is 3. The number of rotatable bonds is 3. The highest BCUT2D eigenvalue weighted by Crippen LogP contribution is 2.44. The molecule has 0 unspecified atom stereocenters. The zero-order chi connectivity index (χ0) is 32.1. The van der Waals surface area contributed by atoms with Gasteiger partial charge in [0, 0.05) is 37.9 Å². The molecule has 11 rings (SSSR count). The van der Waals surface area contributed by atoms with Gasteiger partial charge in [0.15, 0.2) is 11.4 Å². The largest absolute Gasteiger partial charge is 0.455 e. The lowest BCUT2D eigenvalue weighted by atomic mass is 10.0. The third-order valence-electron chi connectivity index (χ3n) is 9.82. The van der Waals surface area contributed by atoms with E-state index in [0.29, 0.717) is 5.82 Å². The molecule has 228 valence electrons. The van der Waals surface area contributed by atoms with Crippen LogP contribution in [0.3, 0.4) is 0 Å². The Bertz CT molecular complexity index is 3110. The molecule has 49 heavy (non-hydrogen) atoms. The number of hydrogen-bond acceptors (Lipinski definition) is 4. The van der Waals surface area contributed by atoms with E-state index in [4.69, 9.17) is 18.8 Å². The predicted octanol–water partition coefficient (Wildman–Crippen LogP) is 11.9. The van der Waals surface area contributed by atoms with Crippen LogP contribution in [0.5, 0.6) is 0 Å². The van der Waals surface area contributed by atoms with E-state index in [1.807, 2.05) is 48.5 Å². The molecule has 0 radical (unpaired) electrons. The van der Waals surface area contributed by atoms with Crippen LogP contribution in [0.2, 0.25) is 0 Å². The number of para-hydroxylation sites is 5. The van der Waals surface area contributed by atoms with E-state index in [2.05, 4.69) is 108 Å². The van der Waals surface area contributed by atoms with Crippen molar-refractivity contribution < 1.29 is 8.83 Å². The van der Waals surface area contributed by atoms with E-state index < -0.39 is 0 Å². The van der Waals surface area contributed by atoms with Crippen LogP contribution in [0.15, 0.2) is 160 Å². The summed E-state index contributed by atoms with van der Waals surface area (Å²) in [6.45, 7) is 0. The first-order valence-electron chi connectivity index (χ1n) is 16.4. The summed E-state index contributed by atoms with van der Waals surface area (Å²) >= 11 is 0. The quantitative estimate of drug-likeness (QED) is 0.196. The zero-order valence-corrected chi connectivity index (χ0v) is 26.1. The first kappa shape index (κ1) is 26.4. The molecule has 0 saturated carbocycles. The number of aromatic nitrogens is 3. The lowest BCUT2D eigenvalue weighted by molar-refractivity contribution is 0.666. The zero-order valence-electron chi connectivity index (χ0n) is 26.1. The van der Waals surface area contributed by atoms with E-state index in [1.165, 1.54) is 0 Å². The summed E-state index contributed by atoms with van der Waals surface area (Å²) in [6, 6.07) is 52.3. The van der Waals surface area contributed by atoms with Gasteiger partial charge in [0.05, 0.1) is 38.9 Å². The summed E-state index contributed by atoms with van der Waals surface area (Å²) in [5, 5.41) is 7.49. The van der Waals surface area contributed by atoms with Crippen molar-refractivity contribution in [2.24, 2.45) is 0 Å². The van der Waals surface area contributed by atoms with Crippen LogP contribution in [0, 0.1) is 0 Å². The molecule has 5 heteroatoms. The third-order valence-corrected chi connectivity index (χ3v) is 9.82. The number of furan rings is 2. The Hall–Kier alpha value is -6.72. The summed E-state index contributed by atoms with van der Waals surface area (Å²) in [4.78, 5) is 10.2. The van der Waals surface area contributed by atoms with E-state index >= 15 is 0 Å². The fourth-order valence-corrected chi connectivity index (χ4v) is 7.67. The number of fused-ring (bicyclic) bond motifs is 11. The van der Waals surface area contributed by atoms with Gasteiger partial charge in [-0.1, -0.05) is 109 Å². The molecular weight excluding hydrogens is 603 g/mol. The molecule has 0 fully saturated rings. The van der Waals surface area contributed by atoms with Gasteiger partial charge in [0.25, 0.3) is 0 Å². The fourth-order valence-electron chi connectivity index (χ4n) is 7.67. The second kappa shape index (κ2) is 9.89. The minimum Gasteiger partial charge on any atom is -0.455 e. The number of hydrogen-bond donors (Lipinski definition) is 0. The topological polar surface area (TPSA) is 57.0 Å². The molecule has 4 aromatic heterocycles. The molecule has 0 aliphatic rings. The monoisotopic (exact) mass is 627 g/mol. The molecular formula is C44H25N3O2. The molecule has 5 nitrogen and oxygen atoms in total. The number of benzene rings is 7. The van der Waals surface area contributed by atoms with Gasteiger partial charge in [0.1, 0.15) is 16.7 Å². The summed E-state index contributed by atoms with van der Waals surface area (Å²) in [5.41, 5.74) is 10.2. The van der Waals surface area contributed by atoms with Gasteiger partial charge in [0.2, 0.25) is 0 Å². The van der Waals surface area contributed by atoms with Crippen molar-refractivity contribution in [2.45, 2.75) is 0 Å². The van der Waals surface area contributed by atoms with Gasteiger partial charge < -0.3 is 13.4 Å². The molecule has 7 aromatic carbocycles. The smallest absolute Gasteiger partial charge is 0.164 e. The van der Waals surface area contributed by atoms with E-state index in [0.717, 1.165) is 99.1 Å². The van der Waals surface area contributed by atoms with Crippen LogP contribution in [-0.2, 0) is 0 Å². The van der Waals surface area contributed by atoms with E-state index in [9.17, 15) is 0 Å². The second-order valence-corrected chi connectivity index (χ2v) is 12.5. The molecule has 0 atom stereocenters. The molecule has 0 spiro atoms. The summed E-state index contributed by atoms with van der Waals surface area (Å²) < 4.78 is 15.8. The Morgan fingerprint density at radius 3 is 2.02 bits per heavy atom. The van der Waals surface area contributed by atoms with Crippen molar-refractivity contribution in [3.8, 4) is 28.3 Å². The summed E-state index contributed by atoms with van der Waals surface area (Å²) in [5.74, 6) is 0.637. The lowest BCUT2D eigenvalue weighted by Gasteiger charge is -2.09. The van der Waals surface area contributed by atoms with Crippen LogP contribution in [0.4, 0.5) is 0 Å². The maximum atomic E-state index is 6.98. The first-order valence-corrected chi connectivity index (χ1v) is 16.4. The Balaban J connectivity index is 1.21. The van der Waals surface area contributed by atoms with Crippen molar-refractivity contribution >= 4 is 76.6 Å². The normalized spacial score (nSPS) is 12.1. The maximum Gasteiger partial charge on any atom is 0.164 e. The van der Waals surface area contributed by atoms with Gasteiger partial charge in [-0.05, 0) is 42.5 Å². The third kappa shape index (κ3) is 3.70. The predicted molar refractivity (Wildman–Crippen MR) is 199 cm³/mol. The van der Waals surface area contributed by atoms with Gasteiger partial charge in [-0.25, -0.2) is 9.97 Å². The highest BCUT2D eigenvalue weighted by molar-refractivity contribution is 6.25. The van der Waals surface area contributed by atoms with Gasteiger partial charge in [-0.3, -0.25) is 0 Å². The molecule has 0 amide bonds. The van der Waals surface area contributed by atoms with Crippen molar-refractivity contribution in [3.05, 3.63) is 152 Å². The molecule has 11 aromatic rings. The van der Waals surface area contributed by atoms with Gasteiger partial charge >= 0.3 is 0 Å². The van der Waals surface area contributed by atoms with Gasteiger partial charge in [-0.15, -0.1) is 0 Å².